The van der Waals surface area contributed by atoms with E-state index in [0.29, 0.717) is 0 Å². The molecule has 0 amide bonds. The van der Waals surface area contributed by atoms with E-state index in [9.17, 15) is 0 Å². The van der Waals surface area contributed by atoms with E-state index < -0.39 is 0 Å². The molecule has 0 bridgehead atoms. The molecule has 0 saturated carbocycles. The Bertz CT molecular complexity index is 339. The van der Waals surface area contributed by atoms with Gasteiger partial charge in [0, 0.05) is 0 Å². The molecule has 0 atom stereocenters. The van der Waals surface area contributed by atoms with Crippen molar-refractivity contribution >= 4 is 0 Å². The van der Waals surface area contributed by atoms with E-state index >= 15 is 0 Å². The lowest BCUT2D eigenvalue weighted by Gasteiger charge is -1.98. The van der Waals surface area contributed by atoms with Crippen molar-refractivity contribution in [2.24, 2.45) is 0 Å². The highest BCUT2D eigenvalue weighted by atomic mass is 15.0. The minimum absolute atomic E-state index is 1.28. The van der Waals surface area contributed by atoms with Crippen LogP contribution in [0.2, 0.25) is 0 Å². The van der Waals surface area contributed by atoms with Gasteiger partial charge in [0.15, 0.2) is 0 Å². The molecular weight excluding hydrogens is 242 g/mol. The fourth-order valence-corrected chi connectivity index (χ4v) is 1.26. The second-order valence-corrected chi connectivity index (χ2v) is 4.07. The number of hydrogen-bond donors (Lipinski definition) is 0. The zero-order valence-electron chi connectivity index (χ0n) is 14.2. The average Bonchev–Trinajstić information content (AvgIpc) is 2.52. The van der Waals surface area contributed by atoms with Gasteiger partial charge in [-0.05, 0) is 32.3 Å². The third-order valence-corrected chi connectivity index (χ3v) is 1.88. The summed E-state index contributed by atoms with van der Waals surface area (Å²) >= 11 is 0. The summed E-state index contributed by atoms with van der Waals surface area (Å²) in [5.41, 5.74) is 2.55. The molecule has 112 valence electrons. The van der Waals surface area contributed by atoms with Crippen LogP contribution in [0.1, 0.15) is 27.7 Å². The van der Waals surface area contributed by atoms with Gasteiger partial charge in [0.05, 0.1) is 0 Å². The topological polar surface area (TPSA) is 3.24 Å². The lowest BCUT2D eigenvalue weighted by atomic mass is 10.1. The summed E-state index contributed by atoms with van der Waals surface area (Å²) in [5.74, 6) is 0. The first-order chi connectivity index (χ1) is 9.70. The van der Waals surface area contributed by atoms with Crippen LogP contribution in [-0.2, 0) is 0 Å². The Morgan fingerprint density at radius 1 is 0.500 bits per heavy atom. The van der Waals surface area contributed by atoms with E-state index in [4.69, 9.17) is 0 Å². The summed E-state index contributed by atoms with van der Waals surface area (Å²) in [6.45, 7) is 8.00. The van der Waals surface area contributed by atoms with Crippen LogP contribution in [0.5, 0.6) is 0 Å². The number of benzene rings is 2. The zero-order chi connectivity index (χ0) is 15.8. The summed E-state index contributed by atoms with van der Waals surface area (Å²) in [6, 6.07) is 20.8. The summed E-state index contributed by atoms with van der Waals surface area (Å²) < 4.78 is 0. The summed E-state index contributed by atoms with van der Waals surface area (Å²) in [7, 11) is 6.00. The van der Waals surface area contributed by atoms with E-state index in [1.807, 2.05) is 65.9 Å². The standard InChI is InChI=1S/C12H10.C3H9N.2C2H6/c1-3-7-11(8-4-1)12-9-5-2-6-10-12;1-4(2)3;2*1-2/h1-10H;1-3H3;2*1-2H3. The lowest BCUT2D eigenvalue weighted by molar-refractivity contribution is 0.505. The molecule has 0 aliphatic rings. The molecule has 2 rings (SSSR count). The zero-order valence-corrected chi connectivity index (χ0v) is 14.2. The Labute approximate surface area is 126 Å². The van der Waals surface area contributed by atoms with Crippen molar-refractivity contribution in [3.8, 4) is 11.1 Å². The van der Waals surface area contributed by atoms with Crippen molar-refractivity contribution in [3.63, 3.8) is 0 Å². The van der Waals surface area contributed by atoms with E-state index in [2.05, 4.69) is 48.5 Å². The van der Waals surface area contributed by atoms with Crippen LogP contribution in [0.25, 0.3) is 11.1 Å². The normalized spacial score (nSPS) is 8.20. The molecule has 2 aromatic rings. The van der Waals surface area contributed by atoms with Gasteiger partial charge in [0.25, 0.3) is 0 Å². The molecule has 0 aliphatic heterocycles. The monoisotopic (exact) mass is 273 g/mol. The molecule has 2 aromatic carbocycles. The first-order valence-electron chi connectivity index (χ1n) is 7.41. The molecule has 0 fully saturated rings. The van der Waals surface area contributed by atoms with Crippen LogP contribution < -0.4 is 0 Å². The Kier molecular flexibility index (Phi) is 16.0. The van der Waals surface area contributed by atoms with Gasteiger partial charge in [-0.25, -0.2) is 0 Å². The molecular formula is C19H31N. The molecule has 0 N–H and O–H groups in total. The molecule has 1 nitrogen and oxygen atoms in total. The average molecular weight is 273 g/mol. The largest absolute Gasteiger partial charge is 0.312 e. The third kappa shape index (κ3) is 11.5. The number of hydrogen-bond acceptors (Lipinski definition) is 1. The Hall–Kier alpha value is -1.60. The van der Waals surface area contributed by atoms with Gasteiger partial charge in [-0.1, -0.05) is 88.4 Å². The number of nitrogens with zero attached hydrogens (tertiary/aromatic N) is 1. The van der Waals surface area contributed by atoms with Crippen molar-refractivity contribution in [1.82, 2.24) is 4.90 Å². The predicted octanol–water partition coefficient (Wildman–Crippen LogP) is 5.58. The van der Waals surface area contributed by atoms with Gasteiger partial charge in [-0.3, -0.25) is 0 Å². The smallest absolute Gasteiger partial charge is 0.0140 e. The molecule has 0 aliphatic carbocycles. The van der Waals surface area contributed by atoms with Crippen LogP contribution >= 0.6 is 0 Å². The van der Waals surface area contributed by atoms with Crippen LogP contribution in [-0.4, -0.2) is 26.0 Å². The van der Waals surface area contributed by atoms with Gasteiger partial charge < -0.3 is 4.90 Å². The van der Waals surface area contributed by atoms with Gasteiger partial charge in [0.2, 0.25) is 0 Å². The molecule has 0 spiro atoms. The van der Waals surface area contributed by atoms with Gasteiger partial charge in [-0.15, -0.1) is 0 Å². The highest BCUT2D eigenvalue weighted by Crippen LogP contribution is 2.17. The lowest BCUT2D eigenvalue weighted by Crippen LogP contribution is -1.99. The van der Waals surface area contributed by atoms with Crippen molar-refractivity contribution in [1.29, 1.82) is 0 Å². The fraction of sp³-hybridized carbons (Fsp3) is 0.368. The summed E-state index contributed by atoms with van der Waals surface area (Å²) in [4.78, 5) is 2.00. The molecule has 0 saturated heterocycles. The highest BCUT2D eigenvalue weighted by Gasteiger charge is 1.91. The van der Waals surface area contributed by atoms with Crippen molar-refractivity contribution in [2.45, 2.75) is 27.7 Å². The van der Waals surface area contributed by atoms with Gasteiger partial charge in [-0.2, -0.15) is 0 Å². The fourth-order valence-electron chi connectivity index (χ4n) is 1.26. The van der Waals surface area contributed by atoms with Crippen LogP contribution in [0.15, 0.2) is 60.7 Å². The van der Waals surface area contributed by atoms with Crippen molar-refractivity contribution in [2.75, 3.05) is 21.1 Å². The first-order valence-corrected chi connectivity index (χ1v) is 7.41. The minimum atomic E-state index is 1.28. The second kappa shape index (κ2) is 15.5. The Morgan fingerprint density at radius 2 is 0.700 bits per heavy atom. The van der Waals surface area contributed by atoms with Gasteiger partial charge >= 0.3 is 0 Å². The highest BCUT2D eigenvalue weighted by molar-refractivity contribution is 5.62. The molecule has 0 heterocycles. The van der Waals surface area contributed by atoms with Crippen molar-refractivity contribution in [3.05, 3.63) is 60.7 Å². The first kappa shape index (κ1) is 20.7. The second-order valence-electron chi connectivity index (χ2n) is 4.07. The van der Waals surface area contributed by atoms with E-state index in [1.165, 1.54) is 11.1 Å². The quantitative estimate of drug-likeness (QED) is 0.655. The molecule has 1 heteroatoms. The minimum Gasteiger partial charge on any atom is -0.312 e. The van der Waals surface area contributed by atoms with E-state index in [1.54, 1.807) is 0 Å². The molecule has 0 radical (unpaired) electrons. The molecule has 0 aromatic heterocycles. The van der Waals surface area contributed by atoms with Crippen LogP contribution in [0.4, 0.5) is 0 Å². The van der Waals surface area contributed by atoms with Crippen molar-refractivity contribution < 1.29 is 0 Å². The maximum absolute atomic E-state index is 2.12. The van der Waals surface area contributed by atoms with E-state index in [0.717, 1.165) is 0 Å². The SMILES string of the molecule is CC.CC.CN(C)C.c1ccc(-c2ccccc2)cc1. The summed E-state index contributed by atoms with van der Waals surface area (Å²) in [6.07, 6.45) is 0. The van der Waals surface area contributed by atoms with E-state index in [-0.39, 0.29) is 0 Å². The molecule has 20 heavy (non-hydrogen) atoms. The predicted molar refractivity (Wildman–Crippen MR) is 94.2 cm³/mol. The van der Waals surface area contributed by atoms with Crippen LogP contribution in [0.3, 0.4) is 0 Å². The maximum Gasteiger partial charge on any atom is -0.0140 e. The maximum atomic E-state index is 2.12. The number of rotatable bonds is 1. The third-order valence-electron chi connectivity index (χ3n) is 1.88. The molecule has 0 unspecified atom stereocenters. The van der Waals surface area contributed by atoms with Crippen LogP contribution in [0, 0.1) is 0 Å². The van der Waals surface area contributed by atoms with Gasteiger partial charge in [0.1, 0.15) is 0 Å². The summed E-state index contributed by atoms with van der Waals surface area (Å²) in [5, 5.41) is 0. The Morgan fingerprint density at radius 3 is 0.900 bits per heavy atom. The Balaban J connectivity index is 0.